The summed E-state index contributed by atoms with van der Waals surface area (Å²) in [6.07, 6.45) is 3.73. The van der Waals surface area contributed by atoms with Crippen molar-refractivity contribution in [3.05, 3.63) is 66.5 Å². The molecule has 3 N–H and O–H groups in total. The Morgan fingerprint density at radius 1 is 1.19 bits per heavy atom. The maximum Gasteiger partial charge on any atom is 0.409 e. The predicted octanol–water partition coefficient (Wildman–Crippen LogP) is 4.60. The Balaban J connectivity index is 1.73. The molecule has 3 aromatic rings. The van der Waals surface area contributed by atoms with Crippen LogP contribution >= 0.6 is 11.3 Å². The third-order valence-electron chi connectivity index (χ3n) is 4.98. The fraction of sp³-hybridized carbons (Fsp3) is 0.217. The monoisotopic (exact) mass is 438 g/mol. The number of benzene rings is 2. The Kier molecular flexibility index (Phi) is 6.39. The lowest BCUT2D eigenvalue weighted by atomic mass is 9.98. The van der Waals surface area contributed by atoms with Crippen molar-refractivity contribution < 1.29 is 18.7 Å². The Labute approximate surface area is 183 Å². The summed E-state index contributed by atoms with van der Waals surface area (Å²) in [5.74, 6) is -0.406. The van der Waals surface area contributed by atoms with Crippen LogP contribution in [0.4, 0.5) is 9.18 Å². The highest BCUT2D eigenvalue weighted by Gasteiger charge is 2.25. The average Bonchev–Trinajstić information content (AvgIpc) is 3.20. The number of carbonyl (C=O) groups excluding carboxylic acids is 2. The molecular formula is C23H21FN3O3S. The molecule has 31 heavy (non-hydrogen) atoms. The highest BCUT2D eigenvalue weighted by Crippen LogP contribution is 2.38. The number of rotatable bonds is 6. The maximum absolute atomic E-state index is 14.6. The summed E-state index contributed by atoms with van der Waals surface area (Å²) < 4.78 is 19.5. The van der Waals surface area contributed by atoms with Gasteiger partial charge in [0, 0.05) is 17.2 Å². The van der Waals surface area contributed by atoms with Gasteiger partial charge in [0.15, 0.2) is 5.78 Å². The van der Waals surface area contributed by atoms with E-state index >= 15 is 0 Å². The van der Waals surface area contributed by atoms with Crippen LogP contribution in [0, 0.1) is 12.2 Å². The molecule has 1 unspecified atom stereocenters. The second-order valence-corrected chi connectivity index (χ2v) is 8.21. The number of ether oxygens (including phenoxy) is 1. The number of nitrogens with zero attached hydrogens (tertiary/aromatic N) is 1. The molecule has 2 aromatic carbocycles. The lowest BCUT2D eigenvalue weighted by Gasteiger charge is -2.22. The van der Waals surface area contributed by atoms with Gasteiger partial charge in [-0.25, -0.2) is 14.2 Å². The van der Waals surface area contributed by atoms with E-state index in [4.69, 9.17) is 10.5 Å². The van der Waals surface area contributed by atoms with Crippen LogP contribution in [0.1, 0.15) is 29.8 Å². The number of thiazole rings is 1. The molecule has 1 aliphatic heterocycles. The molecule has 1 aliphatic rings. The Morgan fingerprint density at radius 3 is 2.77 bits per heavy atom. The topological polar surface area (TPSA) is 94.3 Å². The first-order chi connectivity index (χ1) is 15.0. The molecule has 159 valence electrons. The number of halogens is 1. The summed E-state index contributed by atoms with van der Waals surface area (Å²) in [6.45, 7) is 0.865. The van der Waals surface area contributed by atoms with Gasteiger partial charge in [0.1, 0.15) is 22.3 Å². The number of primary amides is 1. The zero-order chi connectivity index (χ0) is 21.8. The van der Waals surface area contributed by atoms with Gasteiger partial charge in [-0.1, -0.05) is 36.8 Å². The van der Waals surface area contributed by atoms with Crippen molar-refractivity contribution in [1.82, 2.24) is 10.3 Å². The van der Waals surface area contributed by atoms with Crippen molar-refractivity contribution in [3.8, 4) is 26.8 Å². The van der Waals surface area contributed by atoms with Gasteiger partial charge >= 0.3 is 6.09 Å². The van der Waals surface area contributed by atoms with E-state index in [1.54, 1.807) is 48.9 Å². The number of aromatic nitrogens is 1. The Hall–Kier alpha value is -3.10. The smallest absolute Gasteiger partial charge is 0.409 e. The van der Waals surface area contributed by atoms with E-state index in [9.17, 15) is 14.0 Å². The standard InChI is InChI=1S/C23H21FN3O3S/c24-18-10-2-1-9-17(18)21-20(19(28)13-15-7-3-4-11-26-15)27-22(31-21)14-6-5-8-16(12-14)30-23(25)29/h1-2,5-6,8-10,12-13,15,26H,3-4,7,11H2,(H2,25,29). The lowest BCUT2D eigenvalue weighted by Crippen LogP contribution is -2.36. The van der Waals surface area contributed by atoms with Gasteiger partial charge < -0.3 is 15.8 Å². The SMILES string of the molecule is NC(=O)Oc1cccc(-c2nc(C(=O)[CH]C3CCCCN3)c(-c3ccccc3F)s2)c1. The predicted molar refractivity (Wildman–Crippen MR) is 117 cm³/mol. The quantitative estimate of drug-likeness (QED) is 0.549. The summed E-state index contributed by atoms with van der Waals surface area (Å²) in [7, 11) is 0. The van der Waals surface area contributed by atoms with E-state index in [1.807, 2.05) is 0 Å². The molecule has 1 atom stereocenters. The Morgan fingerprint density at radius 2 is 2.03 bits per heavy atom. The third kappa shape index (κ3) is 4.98. The molecule has 0 aliphatic carbocycles. The molecule has 6 nitrogen and oxygen atoms in total. The highest BCUT2D eigenvalue weighted by atomic mass is 32.1. The molecule has 1 radical (unpaired) electrons. The zero-order valence-corrected chi connectivity index (χ0v) is 17.5. The molecule has 0 saturated carbocycles. The van der Waals surface area contributed by atoms with Crippen molar-refractivity contribution in [1.29, 1.82) is 0 Å². The first-order valence-electron chi connectivity index (χ1n) is 9.97. The normalized spacial score (nSPS) is 16.1. The zero-order valence-electron chi connectivity index (χ0n) is 16.6. The summed E-state index contributed by atoms with van der Waals surface area (Å²) in [5, 5.41) is 3.83. The van der Waals surface area contributed by atoms with Crippen LogP contribution in [0.15, 0.2) is 48.5 Å². The average molecular weight is 439 g/mol. The van der Waals surface area contributed by atoms with Crippen LogP contribution in [0.3, 0.4) is 0 Å². The van der Waals surface area contributed by atoms with Gasteiger partial charge in [0.2, 0.25) is 0 Å². The van der Waals surface area contributed by atoms with E-state index in [0.717, 1.165) is 25.8 Å². The molecule has 4 rings (SSSR count). The molecule has 1 amide bonds. The molecule has 1 saturated heterocycles. The molecule has 2 heterocycles. The van der Waals surface area contributed by atoms with Crippen LogP contribution in [-0.4, -0.2) is 29.4 Å². The minimum atomic E-state index is -0.922. The van der Waals surface area contributed by atoms with Gasteiger partial charge in [0.05, 0.1) is 11.3 Å². The van der Waals surface area contributed by atoms with Gasteiger partial charge in [0.25, 0.3) is 0 Å². The number of amides is 1. The molecular weight excluding hydrogens is 417 g/mol. The number of nitrogens with one attached hydrogen (secondary N) is 1. The number of carbonyl (C=O) groups is 2. The van der Waals surface area contributed by atoms with Crippen molar-refractivity contribution in [2.24, 2.45) is 5.73 Å². The van der Waals surface area contributed by atoms with Crippen LogP contribution in [0.5, 0.6) is 5.75 Å². The summed E-state index contributed by atoms with van der Waals surface area (Å²) >= 11 is 1.21. The molecule has 1 aromatic heterocycles. The number of hydrogen-bond acceptors (Lipinski definition) is 6. The number of hydrogen-bond donors (Lipinski definition) is 2. The first-order valence-corrected chi connectivity index (χ1v) is 10.8. The first kappa shape index (κ1) is 21.1. The van der Waals surface area contributed by atoms with Gasteiger partial charge in [-0.05, 0) is 37.6 Å². The fourth-order valence-corrected chi connectivity index (χ4v) is 4.62. The molecule has 8 heteroatoms. The van der Waals surface area contributed by atoms with E-state index in [2.05, 4.69) is 10.3 Å². The van der Waals surface area contributed by atoms with Crippen LogP contribution in [0.2, 0.25) is 0 Å². The highest BCUT2D eigenvalue weighted by molar-refractivity contribution is 7.18. The van der Waals surface area contributed by atoms with Crippen molar-refractivity contribution >= 4 is 23.2 Å². The fourth-order valence-electron chi connectivity index (χ4n) is 3.53. The lowest BCUT2D eigenvalue weighted by molar-refractivity contribution is 0.101. The largest absolute Gasteiger partial charge is 0.410 e. The van der Waals surface area contributed by atoms with E-state index in [0.29, 0.717) is 21.0 Å². The minimum absolute atomic E-state index is 0.0211. The van der Waals surface area contributed by atoms with Crippen LogP contribution in [-0.2, 0) is 0 Å². The van der Waals surface area contributed by atoms with Crippen molar-refractivity contribution in [2.75, 3.05) is 6.54 Å². The van der Waals surface area contributed by atoms with Crippen LogP contribution < -0.4 is 15.8 Å². The summed E-state index contributed by atoms with van der Waals surface area (Å²) in [6, 6.07) is 13.0. The van der Waals surface area contributed by atoms with E-state index in [1.165, 1.54) is 17.4 Å². The van der Waals surface area contributed by atoms with Gasteiger partial charge in [-0.15, -0.1) is 11.3 Å². The van der Waals surface area contributed by atoms with E-state index < -0.39 is 11.9 Å². The molecule has 0 spiro atoms. The maximum atomic E-state index is 14.6. The van der Waals surface area contributed by atoms with Crippen molar-refractivity contribution in [2.45, 2.75) is 25.3 Å². The van der Waals surface area contributed by atoms with Crippen molar-refractivity contribution in [3.63, 3.8) is 0 Å². The van der Waals surface area contributed by atoms with Gasteiger partial charge in [-0.2, -0.15) is 0 Å². The molecule has 0 bridgehead atoms. The number of ketones is 1. The second-order valence-electron chi connectivity index (χ2n) is 7.21. The summed E-state index contributed by atoms with van der Waals surface area (Å²) in [5.41, 5.74) is 6.26. The second kappa shape index (κ2) is 9.36. The van der Waals surface area contributed by atoms with Crippen LogP contribution in [0.25, 0.3) is 21.0 Å². The molecule has 1 fully saturated rings. The Bertz CT molecular complexity index is 1110. The summed E-state index contributed by atoms with van der Waals surface area (Å²) in [4.78, 5) is 29.2. The number of Topliss-reactive ketones (excluding diaryl/α,β-unsaturated/α-hetero) is 1. The third-order valence-corrected chi connectivity index (χ3v) is 6.12. The minimum Gasteiger partial charge on any atom is -0.410 e. The number of nitrogens with two attached hydrogens (primary N) is 1. The van der Waals surface area contributed by atoms with E-state index in [-0.39, 0.29) is 23.3 Å². The number of piperidine rings is 1. The van der Waals surface area contributed by atoms with Gasteiger partial charge in [-0.3, -0.25) is 4.79 Å².